The number of para-hydroxylation sites is 1. The maximum atomic E-state index is 13.5. The van der Waals surface area contributed by atoms with Gasteiger partial charge < -0.3 is 4.74 Å². The van der Waals surface area contributed by atoms with Crippen LogP contribution in [0.4, 0.5) is 17.6 Å². The van der Waals surface area contributed by atoms with Crippen LogP contribution in [0.3, 0.4) is 0 Å². The van der Waals surface area contributed by atoms with Crippen LogP contribution in [0.15, 0.2) is 48.5 Å². The summed E-state index contributed by atoms with van der Waals surface area (Å²) in [6.07, 6.45) is -5.04. The van der Waals surface area contributed by atoms with Gasteiger partial charge in [0.2, 0.25) is 11.3 Å². The van der Waals surface area contributed by atoms with E-state index in [-0.39, 0.29) is 11.3 Å². The normalized spacial score (nSPS) is 13.9. The van der Waals surface area contributed by atoms with Gasteiger partial charge in [-0.3, -0.25) is 9.35 Å². The molecule has 5 nitrogen and oxygen atoms in total. The minimum absolute atomic E-state index is 0.158. The number of alkyl halides is 3. The zero-order valence-corrected chi connectivity index (χ0v) is 13.8. The van der Waals surface area contributed by atoms with Gasteiger partial charge in [0.05, 0.1) is 18.0 Å². The summed E-state index contributed by atoms with van der Waals surface area (Å²) in [5.41, 5.74) is -0.745. The topological polar surface area (TPSA) is 75.6 Å². The van der Waals surface area contributed by atoms with Gasteiger partial charge in [0.15, 0.2) is 11.6 Å². The lowest BCUT2D eigenvalue weighted by atomic mass is 10.0. The fraction of sp³-hybridized carbons (Fsp3) is 0.188. The second-order valence-corrected chi connectivity index (χ2v) is 5.88. The van der Waals surface area contributed by atoms with Crippen LogP contribution in [0.1, 0.15) is 23.6 Å². The number of ether oxygens (including phenoxy) is 1. The number of halogens is 4. The predicted octanol–water partition coefficient (Wildman–Crippen LogP) is 3.61. The van der Waals surface area contributed by atoms with E-state index in [4.69, 9.17) is 9.29 Å². The first-order valence-corrected chi connectivity index (χ1v) is 8.27. The lowest BCUT2D eigenvalue weighted by molar-refractivity contribution is -0.138. The van der Waals surface area contributed by atoms with Crippen molar-refractivity contribution in [3.63, 3.8) is 0 Å². The lowest BCUT2D eigenvalue weighted by Gasteiger charge is -2.17. The summed E-state index contributed by atoms with van der Waals surface area (Å²) in [4.78, 5) is 12.0. The molecular weight excluding hydrogens is 378 g/mol. The fourth-order valence-electron chi connectivity index (χ4n) is 2.11. The van der Waals surface area contributed by atoms with Crippen LogP contribution < -0.4 is 9.46 Å². The minimum atomic E-state index is -4.54. The number of nitrogens with one attached hydrogen (secondary N) is 1. The zero-order chi connectivity index (χ0) is 19.3. The molecule has 2 N–H and O–H groups in total. The molecule has 0 fully saturated rings. The van der Waals surface area contributed by atoms with Crippen molar-refractivity contribution in [2.45, 2.75) is 18.6 Å². The van der Waals surface area contributed by atoms with E-state index in [9.17, 15) is 26.6 Å². The van der Waals surface area contributed by atoms with Crippen LogP contribution in [0.25, 0.3) is 0 Å². The molecule has 2 rings (SSSR count). The molecule has 0 heterocycles. The smallest absolute Gasteiger partial charge is 0.416 e. The van der Waals surface area contributed by atoms with Gasteiger partial charge >= 0.3 is 12.1 Å². The van der Waals surface area contributed by atoms with Crippen molar-refractivity contribution < 1.29 is 35.9 Å². The number of benzene rings is 2. The Morgan fingerprint density at radius 3 is 2.31 bits per heavy atom. The SMILES string of the molecule is O=C(CC(NS(=O)O)c1ccc(C(F)(F)F)cc1)Oc1ccccc1F. The van der Waals surface area contributed by atoms with Crippen LogP contribution in [0, 0.1) is 5.82 Å². The first-order chi connectivity index (χ1) is 12.2. The third-order valence-electron chi connectivity index (χ3n) is 3.31. The standard InChI is InChI=1S/C16H13F4NO4S/c17-12-3-1-2-4-14(12)25-15(22)9-13(21-26(23)24)10-5-7-11(8-6-10)16(18,19)20/h1-8,13,21H,9H2,(H,23,24). The summed E-state index contributed by atoms with van der Waals surface area (Å²) in [6.45, 7) is 0. The van der Waals surface area contributed by atoms with Crippen LogP contribution in [0.2, 0.25) is 0 Å². The van der Waals surface area contributed by atoms with Gasteiger partial charge in [0.1, 0.15) is 0 Å². The Balaban J connectivity index is 2.15. The van der Waals surface area contributed by atoms with Crippen molar-refractivity contribution >= 4 is 17.2 Å². The highest BCUT2D eigenvalue weighted by Crippen LogP contribution is 2.30. The Morgan fingerprint density at radius 1 is 1.15 bits per heavy atom. The zero-order valence-electron chi connectivity index (χ0n) is 13.0. The van der Waals surface area contributed by atoms with Crippen LogP contribution in [-0.2, 0) is 22.2 Å². The molecule has 2 unspecified atom stereocenters. The van der Waals surface area contributed by atoms with E-state index in [1.165, 1.54) is 18.2 Å². The maximum Gasteiger partial charge on any atom is 0.416 e. The van der Waals surface area contributed by atoms with Gasteiger partial charge in [-0.25, -0.2) is 13.3 Å². The van der Waals surface area contributed by atoms with Crippen LogP contribution in [-0.4, -0.2) is 14.7 Å². The molecule has 2 aromatic rings. The van der Waals surface area contributed by atoms with E-state index >= 15 is 0 Å². The number of hydrogen-bond acceptors (Lipinski definition) is 3. The third kappa shape index (κ3) is 5.61. The number of esters is 1. The molecule has 0 bridgehead atoms. The molecule has 0 radical (unpaired) electrons. The molecule has 2 aromatic carbocycles. The molecule has 140 valence electrons. The highest BCUT2D eigenvalue weighted by atomic mass is 32.2. The molecule has 2 atom stereocenters. The molecule has 0 saturated carbocycles. The van der Waals surface area contributed by atoms with E-state index in [0.29, 0.717) is 0 Å². The van der Waals surface area contributed by atoms with Gasteiger partial charge in [-0.2, -0.15) is 13.2 Å². The summed E-state index contributed by atoms with van der Waals surface area (Å²) in [7, 11) is 0. The van der Waals surface area contributed by atoms with Gasteiger partial charge in [0.25, 0.3) is 0 Å². The molecule has 0 saturated heterocycles. The first kappa shape index (κ1) is 20.0. The van der Waals surface area contributed by atoms with E-state index in [0.717, 1.165) is 30.3 Å². The van der Waals surface area contributed by atoms with Crippen molar-refractivity contribution in [2.24, 2.45) is 0 Å². The van der Waals surface area contributed by atoms with Gasteiger partial charge in [-0.1, -0.05) is 24.3 Å². The van der Waals surface area contributed by atoms with E-state index in [2.05, 4.69) is 4.72 Å². The number of carbonyl (C=O) groups is 1. The Morgan fingerprint density at radius 2 is 1.77 bits per heavy atom. The van der Waals surface area contributed by atoms with Gasteiger partial charge in [0, 0.05) is 0 Å². The summed E-state index contributed by atoms with van der Waals surface area (Å²) in [5.74, 6) is -2.03. The molecule has 0 aliphatic heterocycles. The molecule has 0 amide bonds. The monoisotopic (exact) mass is 391 g/mol. The Kier molecular flexibility index (Phi) is 6.46. The van der Waals surface area contributed by atoms with Crippen molar-refractivity contribution in [1.29, 1.82) is 0 Å². The number of carbonyl (C=O) groups excluding carboxylic acids is 1. The van der Waals surface area contributed by atoms with Gasteiger partial charge in [-0.05, 0) is 29.8 Å². The van der Waals surface area contributed by atoms with Crippen molar-refractivity contribution in [2.75, 3.05) is 0 Å². The maximum absolute atomic E-state index is 13.5. The van der Waals surface area contributed by atoms with E-state index in [1.54, 1.807) is 0 Å². The highest BCUT2D eigenvalue weighted by Gasteiger charge is 2.30. The molecule has 26 heavy (non-hydrogen) atoms. The molecule has 0 aromatic heterocycles. The Bertz CT molecular complexity index is 796. The summed E-state index contributed by atoms with van der Waals surface area (Å²) < 4.78 is 78.3. The Labute approximate surface area is 148 Å². The van der Waals surface area contributed by atoms with E-state index < -0.39 is 47.3 Å². The average Bonchev–Trinajstić information content (AvgIpc) is 2.55. The van der Waals surface area contributed by atoms with E-state index in [1.807, 2.05) is 0 Å². The summed E-state index contributed by atoms with van der Waals surface area (Å²) in [5, 5.41) is 0. The number of hydrogen-bond donors (Lipinski definition) is 2. The lowest BCUT2D eigenvalue weighted by Crippen LogP contribution is -2.27. The third-order valence-corrected chi connectivity index (χ3v) is 3.80. The summed E-state index contributed by atoms with van der Waals surface area (Å²) in [6, 6.07) is 7.75. The van der Waals surface area contributed by atoms with Crippen LogP contribution >= 0.6 is 0 Å². The Hall–Kier alpha value is -2.30. The molecule has 0 aliphatic rings. The van der Waals surface area contributed by atoms with Crippen molar-refractivity contribution in [1.82, 2.24) is 4.72 Å². The van der Waals surface area contributed by atoms with Gasteiger partial charge in [-0.15, -0.1) is 0 Å². The average molecular weight is 391 g/mol. The van der Waals surface area contributed by atoms with Crippen LogP contribution in [0.5, 0.6) is 5.75 Å². The predicted molar refractivity (Wildman–Crippen MR) is 84.7 cm³/mol. The molecule has 0 spiro atoms. The fourth-order valence-corrected chi connectivity index (χ4v) is 2.57. The molecule has 10 heteroatoms. The van der Waals surface area contributed by atoms with Crippen molar-refractivity contribution in [3.8, 4) is 5.75 Å². The first-order valence-electron chi connectivity index (χ1n) is 7.16. The minimum Gasteiger partial charge on any atom is -0.423 e. The largest absolute Gasteiger partial charge is 0.423 e. The quantitative estimate of drug-likeness (QED) is 0.341. The second-order valence-electron chi connectivity index (χ2n) is 5.15. The molecule has 0 aliphatic carbocycles. The highest BCUT2D eigenvalue weighted by molar-refractivity contribution is 7.77. The summed E-state index contributed by atoms with van der Waals surface area (Å²) >= 11 is -2.54. The second kappa shape index (κ2) is 8.39. The van der Waals surface area contributed by atoms with Crippen molar-refractivity contribution in [3.05, 3.63) is 65.5 Å². The number of rotatable bonds is 6. The molecular formula is C16H13F4NO4S.